The number of esters is 1. The van der Waals surface area contributed by atoms with Crippen molar-refractivity contribution in [3.8, 4) is 6.07 Å². The molecule has 1 aliphatic carbocycles. The van der Waals surface area contributed by atoms with Gasteiger partial charge in [0.2, 0.25) is 0 Å². The topological polar surface area (TPSA) is 129 Å². The summed E-state index contributed by atoms with van der Waals surface area (Å²) in [6, 6.07) is 1.38. The first kappa shape index (κ1) is 19.7. The van der Waals surface area contributed by atoms with E-state index in [9.17, 15) is 19.2 Å². The van der Waals surface area contributed by atoms with Gasteiger partial charge in [-0.2, -0.15) is 5.26 Å². The van der Waals surface area contributed by atoms with E-state index in [4.69, 9.17) is 10.00 Å². The highest BCUT2D eigenvalue weighted by Crippen LogP contribution is 2.42. The number of nitrogens with zero attached hydrogens (tertiary/aromatic N) is 2. The maximum atomic E-state index is 12.4. The Kier molecular flexibility index (Phi) is 5.26. The Balaban J connectivity index is 1.86. The van der Waals surface area contributed by atoms with Gasteiger partial charge in [-0.1, -0.05) is 13.8 Å². The molecule has 9 heteroatoms. The molecule has 2 atom stereocenters. The van der Waals surface area contributed by atoms with Gasteiger partial charge >= 0.3 is 12.0 Å². The molecule has 0 bridgehead atoms. The minimum Gasteiger partial charge on any atom is -0.454 e. The van der Waals surface area contributed by atoms with Gasteiger partial charge in [0.05, 0.1) is 6.07 Å². The van der Waals surface area contributed by atoms with Crippen molar-refractivity contribution in [2.75, 3.05) is 13.2 Å². The predicted molar refractivity (Wildman–Crippen MR) is 89.3 cm³/mol. The lowest BCUT2D eigenvalue weighted by atomic mass is 9.90. The molecule has 2 aliphatic rings. The third-order valence-electron chi connectivity index (χ3n) is 5.13. The quantitative estimate of drug-likeness (QED) is 0.494. The summed E-state index contributed by atoms with van der Waals surface area (Å²) in [5.41, 5.74) is -2.05. The van der Waals surface area contributed by atoms with Crippen LogP contribution in [-0.4, -0.2) is 52.9 Å². The second-order valence-electron chi connectivity index (χ2n) is 7.48. The van der Waals surface area contributed by atoms with Crippen LogP contribution >= 0.6 is 0 Å². The van der Waals surface area contributed by atoms with Crippen LogP contribution in [0.5, 0.6) is 0 Å². The van der Waals surface area contributed by atoms with Gasteiger partial charge < -0.3 is 15.4 Å². The van der Waals surface area contributed by atoms with Crippen LogP contribution in [0.4, 0.5) is 4.79 Å². The summed E-state index contributed by atoms with van der Waals surface area (Å²) in [6.45, 7) is 5.64. The molecule has 2 N–H and O–H groups in total. The molecule has 1 saturated heterocycles. The van der Waals surface area contributed by atoms with Crippen LogP contribution in [0.3, 0.4) is 0 Å². The Labute approximate surface area is 152 Å². The Morgan fingerprint density at radius 1 is 1.46 bits per heavy atom. The number of hydrogen-bond acceptors (Lipinski definition) is 6. The Hall–Kier alpha value is -2.63. The molecule has 2 rings (SSSR count). The van der Waals surface area contributed by atoms with Crippen molar-refractivity contribution in [3.05, 3.63) is 0 Å². The van der Waals surface area contributed by atoms with E-state index in [1.165, 1.54) is 0 Å². The molecule has 0 radical (unpaired) electrons. The number of rotatable bonds is 7. The summed E-state index contributed by atoms with van der Waals surface area (Å²) in [6.07, 6.45) is 1.71. The lowest BCUT2D eigenvalue weighted by molar-refractivity contribution is -0.151. The maximum absolute atomic E-state index is 12.4. The van der Waals surface area contributed by atoms with Gasteiger partial charge in [0, 0.05) is 0 Å². The molecule has 1 saturated carbocycles. The fourth-order valence-electron chi connectivity index (χ4n) is 2.74. The van der Waals surface area contributed by atoms with Crippen molar-refractivity contribution in [3.63, 3.8) is 0 Å². The lowest BCUT2D eigenvalue weighted by Gasteiger charge is -2.27. The number of hydrogen-bond donors (Lipinski definition) is 2. The molecule has 142 valence electrons. The predicted octanol–water partition coefficient (Wildman–Crippen LogP) is 0.305. The zero-order chi connectivity index (χ0) is 19.7. The van der Waals surface area contributed by atoms with Gasteiger partial charge in [-0.05, 0) is 38.5 Å². The number of carbonyl (C=O) groups excluding carboxylic acids is 4. The average Bonchev–Trinajstić information content (AvgIpc) is 3.39. The number of nitriles is 1. The van der Waals surface area contributed by atoms with Crippen molar-refractivity contribution >= 4 is 23.8 Å². The zero-order valence-electron chi connectivity index (χ0n) is 15.4. The van der Waals surface area contributed by atoms with E-state index < -0.39 is 48.0 Å². The van der Waals surface area contributed by atoms with Crippen LogP contribution in [-0.2, 0) is 19.1 Å². The molecule has 0 spiro atoms. The van der Waals surface area contributed by atoms with Crippen LogP contribution in [0.15, 0.2) is 0 Å². The summed E-state index contributed by atoms with van der Waals surface area (Å²) >= 11 is 0. The Morgan fingerprint density at radius 2 is 2.08 bits per heavy atom. The molecule has 26 heavy (non-hydrogen) atoms. The number of nitrogens with one attached hydrogen (secondary N) is 2. The standard InChI is InChI=1S/C17H24N4O5/c1-10(2)16(3,9-18)19-12(22)8-26-13(23)7-21-14(24)17(4,11-5-6-11)20-15(21)25/h10-11H,5-8H2,1-4H3,(H,19,22)(H,20,25)/t16-,17+/m1/s1. The monoisotopic (exact) mass is 364 g/mol. The van der Waals surface area contributed by atoms with E-state index in [1.54, 1.807) is 27.7 Å². The molecule has 1 heterocycles. The lowest BCUT2D eigenvalue weighted by Crippen LogP contribution is -2.50. The fourth-order valence-corrected chi connectivity index (χ4v) is 2.74. The third kappa shape index (κ3) is 3.79. The SMILES string of the molecule is CC(C)[C@@](C)(C#N)NC(=O)COC(=O)CN1C(=O)N[C@@](C)(C2CC2)C1=O. The fraction of sp³-hybridized carbons (Fsp3) is 0.706. The van der Waals surface area contributed by atoms with Gasteiger partial charge in [-0.25, -0.2) is 4.79 Å². The minimum atomic E-state index is -1.08. The summed E-state index contributed by atoms with van der Waals surface area (Å²) in [5.74, 6) is -2.00. The summed E-state index contributed by atoms with van der Waals surface area (Å²) in [5, 5.41) is 14.3. The average molecular weight is 364 g/mol. The van der Waals surface area contributed by atoms with E-state index in [2.05, 4.69) is 10.6 Å². The largest absolute Gasteiger partial charge is 0.454 e. The van der Waals surface area contributed by atoms with Gasteiger partial charge in [-0.15, -0.1) is 0 Å². The van der Waals surface area contributed by atoms with Crippen molar-refractivity contribution in [2.45, 2.75) is 51.6 Å². The maximum Gasteiger partial charge on any atom is 0.326 e. The van der Waals surface area contributed by atoms with Crippen LogP contribution < -0.4 is 10.6 Å². The highest BCUT2D eigenvalue weighted by molar-refractivity contribution is 6.08. The molecular formula is C17H24N4O5. The van der Waals surface area contributed by atoms with Crippen molar-refractivity contribution in [2.24, 2.45) is 11.8 Å². The number of carbonyl (C=O) groups is 4. The first-order valence-corrected chi connectivity index (χ1v) is 8.55. The molecule has 0 aromatic rings. The first-order chi connectivity index (χ1) is 12.0. The zero-order valence-corrected chi connectivity index (χ0v) is 15.4. The summed E-state index contributed by atoms with van der Waals surface area (Å²) < 4.78 is 4.84. The van der Waals surface area contributed by atoms with Crippen LogP contribution in [0, 0.1) is 23.2 Å². The molecule has 1 aliphatic heterocycles. The molecule has 0 aromatic carbocycles. The van der Waals surface area contributed by atoms with E-state index in [0.29, 0.717) is 0 Å². The van der Waals surface area contributed by atoms with E-state index in [1.807, 2.05) is 6.07 Å². The molecule has 0 unspecified atom stereocenters. The van der Waals surface area contributed by atoms with E-state index in [-0.39, 0.29) is 11.8 Å². The number of imide groups is 1. The first-order valence-electron chi connectivity index (χ1n) is 8.55. The summed E-state index contributed by atoms with van der Waals surface area (Å²) in [4.78, 5) is 49.0. The van der Waals surface area contributed by atoms with Crippen LogP contribution in [0.25, 0.3) is 0 Å². The number of urea groups is 1. The van der Waals surface area contributed by atoms with Gasteiger partial charge in [-0.3, -0.25) is 19.3 Å². The van der Waals surface area contributed by atoms with E-state index in [0.717, 1.165) is 17.7 Å². The minimum absolute atomic E-state index is 0.0884. The number of amides is 4. The second-order valence-corrected chi connectivity index (χ2v) is 7.48. The number of ether oxygens (including phenoxy) is 1. The Bertz CT molecular complexity index is 681. The van der Waals surface area contributed by atoms with Gasteiger partial charge in [0.1, 0.15) is 17.6 Å². The van der Waals surface area contributed by atoms with Crippen molar-refractivity contribution in [1.82, 2.24) is 15.5 Å². The van der Waals surface area contributed by atoms with Gasteiger partial charge in [0.15, 0.2) is 6.61 Å². The van der Waals surface area contributed by atoms with Gasteiger partial charge in [0.25, 0.3) is 11.8 Å². The normalized spacial score (nSPS) is 24.7. The molecule has 4 amide bonds. The van der Waals surface area contributed by atoms with Crippen LogP contribution in [0.1, 0.15) is 40.5 Å². The highest BCUT2D eigenvalue weighted by atomic mass is 16.5. The third-order valence-corrected chi connectivity index (χ3v) is 5.13. The summed E-state index contributed by atoms with van der Waals surface area (Å²) in [7, 11) is 0. The Morgan fingerprint density at radius 3 is 2.58 bits per heavy atom. The molecule has 2 fully saturated rings. The smallest absolute Gasteiger partial charge is 0.326 e. The highest BCUT2D eigenvalue weighted by Gasteiger charge is 2.56. The molecule has 0 aromatic heterocycles. The second kappa shape index (κ2) is 6.94. The van der Waals surface area contributed by atoms with Crippen molar-refractivity contribution < 1.29 is 23.9 Å². The van der Waals surface area contributed by atoms with Crippen molar-refractivity contribution in [1.29, 1.82) is 5.26 Å². The van der Waals surface area contributed by atoms with Crippen LogP contribution in [0.2, 0.25) is 0 Å². The molecule has 9 nitrogen and oxygen atoms in total. The molecular weight excluding hydrogens is 340 g/mol. The van der Waals surface area contributed by atoms with E-state index >= 15 is 0 Å².